The summed E-state index contributed by atoms with van der Waals surface area (Å²) in [5.74, 6) is 0.0190. The quantitative estimate of drug-likeness (QED) is 0.421. The number of imidazole rings is 1. The molecule has 0 atom stereocenters. The van der Waals surface area contributed by atoms with Crippen molar-refractivity contribution >= 4 is 16.6 Å². The van der Waals surface area contributed by atoms with Crippen molar-refractivity contribution in [1.29, 1.82) is 5.26 Å². The van der Waals surface area contributed by atoms with Gasteiger partial charge in [0.15, 0.2) is 0 Å². The molecule has 1 aliphatic carbocycles. The van der Waals surface area contributed by atoms with Gasteiger partial charge >= 0.3 is 0 Å². The first-order chi connectivity index (χ1) is 16.0. The number of nitriles is 1. The van der Waals surface area contributed by atoms with Gasteiger partial charge in [0, 0.05) is 11.6 Å². The standard InChI is InChI=1S/C23H16FN7O2/c1-23(7-8-23)22-28-20(29-33-22)17-19-21(32)30(11-13-4-2-3-9-26-13)18-14(10-25)15(24)5-6-16(18)31(19)12-27-17/h2-6,9,12H,7-8,11H2,1H3. The molecule has 0 N–H and O–H groups in total. The zero-order valence-corrected chi connectivity index (χ0v) is 17.5. The van der Waals surface area contributed by atoms with E-state index in [0.717, 1.165) is 12.8 Å². The largest absolute Gasteiger partial charge is 0.338 e. The molecule has 0 spiro atoms. The second-order valence-corrected chi connectivity index (χ2v) is 8.41. The highest BCUT2D eigenvalue weighted by Gasteiger charge is 2.44. The van der Waals surface area contributed by atoms with Crippen LogP contribution in [-0.4, -0.2) is 29.1 Å². The van der Waals surface area contributed by atoms with Gasteiger partial charge < -0.3 is 4.52 Å². The van der Waals surface area contributed by atoms with Crippen molar-refractivity contribution in [3.05, 3.63) is 76.2 Å². The smallest absolute Gasteiger partial charge is 0.278 e. The Morgan fingerprint density at radius 1 is 1.21 bits per heavy atom. The third-order valence-electron chi connectivity index (χ3n) is 6.16. The number of hydrogen-bond donors (Lipinski definition) is 0. The van der Waals surface area contributed by atoms with E-state index >= 15 is 0 Å². The summed E-state index contributed by atoms with van der Waals surface area (Å²) in [4.78, 5) is 26.9. The first-order valence-electron chi connectivity index (χ1n) is 10.4. The Labute approximate surface area is 185 Å². The second-order valence-electron chi connectivity index (χ2n) is 8.41. The molecular formula is C23H16FN7O2. The molecule has 1 saturated carbocycles. The molecule has 0 aliphatic heterocycles. The first-order valence-corrected chi connectivity index (χ1v) is 10.4. The molecule has 5 aromatic rings. The molecule has 0 bridgehead atoms. The SMILES string of the molecule is CC1(c2nc(-c3ncn4c3c(=O)n(Cc3ccccn3)c3c(C#N)c(F)ccc34)no2)CC1. The maximum absolute atomic E-state index is 14.6. The van der Waals surface area contributed by atoms with Crippen molar-refractivity contribution in [2.75, 3.05) is 0 Å². The van der Waals surface area contributed by atoms with Gasteiger partial charge in [0.2, 0.25) is 11.7 Å². The van der Waals surface area contributed by atoms with Crippen LogP contribution in [-0.2, 0) is 12.0 Å². The van der Waals surface area contributed by atoms with Crippen molar-refractivity contribution in [1.82, 2.24) is 29.1 Å². The lowest BCUT2D eigenvalue weighted by molar-refractivity contribution is 0.353. The van der Waals surface area contributed by atoms with E-state index < -0.39 is 11.4 Å². The van der Waals surface area contributed by atoms with Gasteiger partial charge in [0.1, 0.15) is 35.0 Å². The predicted molar refractivity (Wildman–Crippen MR) is 115 cm³/mol. The number of nitrogens with zero attached hydrogens (tertiary/aromatic N) is 7. The average molecular weight is 441 g/mol. The van der Waals surface area contributed by atoms with Gasteiger partial charge in [-0.05, 0) is 37.1 Å². The van der Waals surface area contributed by atoms with Crippen LogP contribution in [0.5, 0.6) is 0 Å². The molecule has 1 fully saturated rings. The number of halogens is 1. The molecule has 0 saturated heterocycles. The summed E-state index contributed by atoms with van der Waals surface area (Å²) < 4.78 is 22.9. The highest BCUT2D eigenvalue weighted by atomic mass is 19.1. The van der Waals surface area contributed by atoms with Crippen molar-refractivity contribution in [3.8, 4) is 17.6 Å². The van der Waals surface area contributed by atoms with E-state index in [1.807, 2.05) is 13.0 Å². The predicted octanol–water partition coefficient (Wildman–Crippen LogP) is 3.20. The van der Waals surface area contributed by atoms with Crippen LogP contribution < -0.4 is 5.56 Å². The first kappa shape index (κ1) is 19.3. The molecule has 1 aromatic carbocycles. The number of pyridine rings is 1. The highest BCUT2D eigenvalue weighted by Crippen LogP contribution is 2.47. The maximum atomic E-state index is 14.6. The minimum Gasteiger partial charge on any atom is -0.338 e. The summed E-state index contributed by atoms with van der Waals surface area (Å²) in [6, 6.07) is 9.93. The maximum Gasteiger partial charge on any atom is 0.278 e. The van der Waals surface area contributed by atoms with Gasteiger partial charge in [-0.2, -0.15) is 10.2 Å². The molecule has 0 radical (unpaired) electrons. The minimum atomic E-state index is -0.709. The van der Waals surface area contributed by atoms with Gasteiger partial charge in [0.25, 0.3) is 5.56 Å². The molecule has 10 heteroatoms. The topological polar surface area (TPSA) is 115 Å². The number of benzene rings is 1. The zero-order chi connectivity index (χ0) is 22.7. The van der Waals surface area contributed by atoms with Crippen LogP contribution in [0.4, 0.5) is 4.39 Å². The number of hydrogen-bond acceptors (Lipinski definition) is 7. The molecule has 162 valence electrons. The molecule has 9 nitrogen and oxygen atoms in total. The molecule has 6 rings (SSSR count). The van der Waals surface area contributed by atoms with Crippen LogP contribution in [0.15, 0.2) is 52.2 Å². The van der Waals surface area contributed by atoms with Crippen LogP contribution in [0.3, 0.4) is 0 Å². The van der Waals surface area contributed by atoms with E-state index in [1.54, 1.807) is 24.4 Å². The Balaban J connectivity index is 1.67. The van der Waals surface area contributed by atoms with E-state index in [2.05, 4.69) is 20.1 Å². The average Bonchev–Trinajstić information content (AvgIpc) is 3.22. The van der Waals surface area contributed by atoms with E-state index in [0.29, 0.717) is 17.1 Å². The Bertz CT molecular complexity index is 1660. The van der Waals surface area contributed by atoms with E-state index in [4.69, 9.17) is 4.52 Å². The summed E-state index contributed by atoms with van der Waals surface area (Å²) in [6.45, 7) is 2.09. The number of rotatable bonds is 4. The van der Waals surface area contributed by atoms with Gasteiger partial charge in [-0.1, -0.05) is 18.1 Å². The van der Waals surface area contributed by atoms with Crippen LogP contribution in [0.1, 0.15) is 36.9 Å². The molecule has 0 amide bonds. The number of aromatic nitrogens is 6. The fourth-order valence-electron chi connectivity index (χ4n) is 4.03. The van der Waals surface area contributed by atoms with E-state index in [9.17, 15) is 14.4 Å². The van der Waals surface area contributed by atoms with Crippen LogP contribution in [0.2, 0.25) is 0 Å². The fourth-order valence-corrected chi connectivity index (χ4v) is 4.03. The Hall–Kier alpha value is -4.39. The lowest BCUT2D eigenvalue weighted by Gasteiger charge is -2.14. The molecule has 0 unspecified atom stereocenters. The van der Waals surface area contributed by atoms with Crippen molar-refractivity contribution < 1.29 is 8.91 Å². The third-order valence-corrected chi connectivity index (χ3v) is 6.16. The van der Waals surface area contributed by atoms with Gasteiger partial charge in [-0.25, -0.2) is 9.37 Å². The summed E-state index contributed by atoms with van der Waals surface area (Å²) >= 11 is 0. The summed E-state index contributed by atoms with van der Waals surface area (Å²) in [5, 5.41) is 13.7. The molecule has 33 heavy (non-hydrogen) atoms. The van der Waals surface area contributed by atoms with Crippen LogP contribution in [0.25, 0.3) is 28.1 Å². The van der Waals surface area contributed by atoms with Crippen molar-refractivity contribution in [2.24, 2.45) is 0 Å². The molecule has 1 aliphatic rings. The van der Waals surface area contributed by atoms with Crippen LogP contribution >= 0.6 is 0 Å². The van der Waals surface area contributed by atoms with Gasteiger partial charge in [-0.15, -0.1) is 0 Å². The summed E-state index contributed by atoms with van der Waals surface area (Å²) in [6.07, 6.45) is 4.98. The molecule has 4 aromatic heterocycles. The lowest BCUT2D eigenvalue weighted by Crippen LogP contribution is -2.25. The summed E-state index contributed by atoms with van der Waals surface area (Å²) in [5.41, 5.74) is 0.863. The Morgan fingerprint density at radius 3 is 2.79 bits per heavy atom. The Morgan fingerprint density at radius 2 is 2.06 bits per heavy atom. The normalized spacial score (nSPS) is 14.6. The number of fused-ring (bicyclic) bond motifs is 3. The third kappa shape index (κ3) is 2.86. The molecular weight excluding hydrogens is 425 g/mol. The van der Waals surface area contributed by atoms with E-state index in [-0.39, 0.29) is 40.1 Å². The fraction of sp³-hybridized carbons (Fsp3) is 0.217. The second kappa shape index (κ2) is 6.80. The monoisotopic (exact) mass is 441 g/mol. The van der Waals surface area contributed by atoms with Crippen molar-refractivity contribution in [3.63, 3.8) is 0 Å². The zero-order valence-electron chi connectivity index (χ0n) is 17.5. The van der Waals surface area contributed by atoms with Crippen molar-refractivity contribution in [2.45, 2.75) is 31.7 Å². The Kier molecular flexibility index (Phi) is 3.98. The van der Waals surface area contributed by atoms with Gasteiger partial charge in [-0.3, -0.25) is 18.7 Å². The van der Waals surface area contributed by atoms with Gasteiger partial charge in [0.05, 0.1) is 23.3 Å². The molecule has 4 heterocycles. The minimum absolute atomic E-state index is 0.0466. The lowest BCUT2D eigenvalue weighted by atomic mass is 10.1. The highest BCUT2D eigenvalue weighted by molar-refractivity contribution is 5.87. The van der Waals surface area contributed by atoms with Crippen LogP contribution in [0, 0.1) is 17.1 Å². The summed E-state index contributed by atoms with van der Waals surface area (Å²) in [7, 11) is 0. The van der Waals surface area contributed by atoms with E-state index in [1.165, 1.54) is 27.4 Å².